The van der Waals surface area contributed by atoms with Gasteiger partial charge in [-0.3, -0.25) is 9.78 Å². The molecule has 0 atom stereocenters. The molecule has 1 saturated carbocycles. The summed E-state index contributed by atoms with van der Waals surface area (Å²) in [6.07, 6.45) is 15.9. The molecule has 2 aromatic rings. The number of amides is 1. The van der Waals surface area contributed by atoms with Gasteiger partial charge in [0, 0.05) is 37.3 Å². The van der Waals surface area contributed by atoms with Gasteiger partial charge in [-0.15, -0.1) is 0 Å². The van der Waals surface area contributed by atoms with Crippen molar-refractivity contribution >= 4 is 16.8 Å². The van der Waals surface area contributed by atoms with Gasteiger partial charge < -0.3 is 15.0 Å². The number of nitrogens with zero attached hydrogens (tertiary/aromatic N) is 2. The number of hydrogen-bond donors (Lipinski definition) is 1. The molecule has 1 amide bonds. The van der Waals surface area contributed by atoms with Gasteiger partial charge in [0.05, 0.1) is 5.41 Å². The third-order valence-electron chi connectivity index (χ3n) is 8.12. The van der Waals surface area contributed by atoms with Gasteiger partial charge in [-0.05, 0) is 76.1 Å². The van der Waals surface area contributed by atoms with E-state index in [2.05, 4.69) is 54.2 Å². The van der Waals surface area contributed by atoms with Crippen LogP contribution in [-0.4, -0.2) is 47.6 Å². The lowest BCUT2D eigenvalue weighted by molar-refractivity contribution is -0.135. The first-order valence-corrected chi connectivity index (χ1v) is 14.6. The van der Waals surface area contributed by atoms with Crippen LogP contribution < -0.4 is 10.1 Å². The molecule has 36 heavy (non-hydrogen) atoms. The Morgan fingerprint density at radius 2 is 1.92 bits per heavy atom. The SMILES string of the molecule is CCCCCCc1cc(OC2CCN(CC3(C(=O)NC(C)C)CCCCC3)CC2)c2ncccc2c1. The van der Waals surface area contributed by atoms with E-state index in [1.165, 1.54) is 55.9 Å². The fraction of sp³-hybridized carbons (Fsp3) is 0.677. The Balaban J connectivity index is 1.38. The second-order valence-corrected chi connectivity index (χ2v) is 11.5. The van der Waals surface area contributed by atoms with Crippen molar-refractivity contribution in [1.29, 1.82) is 0 Å². The van der Waals surface area contributed by atoms with Crippen LogP contribution in [0.25, 0.3) is 10.9 Å². The van der Waals surface area contributed by atoms with Crippen LogP contribution in [0.5, 0.6) is 5.75 Å². The van der Waals surface area contributed by atoms with E-state index in [1.54, 1.807) is 0 Å². The van der Waals surface area contributed by atoms with Gasteiger partial charge in [-0.25, -0.2) is 0 Å². The van der Waals surface area contributed by atoms with Crippen LogP contribution in [0.1, 0.15) is 97.0 Å². The zero-order valence-corrected chi connectivity index (χ0v) is 22.9. The quantitative estimate of drug-likeness (QED) is 0.355. The predicted octanol–water partition coefficient (Wildman–Crippen LogP) is 6.68. The Hall–Kier alpha value is -2.14. The summed E-state index contributed by atoms with van der Waals surface area (Å²) in [5.74, 6) is 1.21. The summed E-state index contributed by atoms with van der Waals surface area (Å²) < 4.78 is 6.63. The highest BCUT2D eigenvalue weighted by Crippen LogP contribution is 2.38. The van der Waals surface area contributed by atoms with E-state index in [4.69, 9.17) is 4.74 Å². The number of fused-ring (bicyclic) bond motifs is 1. The minimum absolute atomic E-state index is 0.196. The molecule has 2 aliphatic rings. The van der Waals surface area contributed by atoms with Crippen LogP contribution in [-0.2, 0) is 11.2 Å². The summed E-state index contributed by atoms with van der Waals surface area (Å²) in [5.41, 5.74) is 2.11. The normalized spacial score (nSPS) is 19.0. The Morgan fingerprint density at radius 3 is 2.64 bits per heavy atom. The van der Waals surface area contributed by atoms with Gasteiger partial charge in [0.25, 0.3) is 0 Å². The van der Waals surface area contributed by atoms with Crippen LogP contribution in [0.15, 0.2) is 30.5 Å². The molecule has 0 bridgehead atoms. The molecule has 1 aromatic heterocycles. The second kappa shape index (κ2) is 12.9. The monoisotopic (exact) mass is 493 g/mol. The van der Waals surface area contributed by atoms with Crippen LogP contribution in [0.4, 0.5) is 0 Å². The fourth-order valence-electron chi connectivity index (χ4n) is 6.10. The van der Waals surface area contributed by atoms with Crippen LogP contribution in [0.3, 0.4) is 0 Å². The van der Waals surface area contributed by atoms with E-state index in [1.807, 2.05) is 12.3 Å². The first-order valence-electron chi connectivity index (χ1n) is 14.6. The van der Waals surface area contributed by atoms with Crippen molar-refractivity contribution in [3.8, 4) is 5.75 Å². The standard InChI is InChI=1S/C31H47N3O2/c1-4-5-6-8-12-25-21-26-13-11-18-32-29(26)28(22-25)36-27-14-19-34(20-15-27)23-31(16-9-7-10-17-31)30(35)33-24(2)3/h11,13,18,21-22,24,27H,4-10,12,14-17,19-20,23H2,1-3H3,(H,33,35). The lowest BCUT2D eigenvalue weighted by Gasteiger charge is -2.42. The average molecular weight is 494 g/mol. The van der Waals surface area contributed by atoms with Crippen molar-refractivity contribution in [3.05, 3.63) is 36.0 Å². The van der Waals surface area contributed by atoms with Crippen molar-refractivity contribution in [2.45, 2.75) is 110 Å². The molecule has 198 valence electrons. The highest BCUT2D eigenvalue weighted by Gasteiger charge is 2.41. The highest BCUT2D eigenvalue weighted by molar-refractivity contribution is 5.85. The van der Waals surface area contributed by atoms with Crippen LogP contribution in [0.2, 0.25) is 0 Å². The van der Waals surface area contributed by atoms with E-state index in [0.29, 0.717) is 0 Å². The molecule has 1 aliphatic heterocycles. The number of carbonyl (C=O) groups is 1. The summed E-state index contributed by atoms with van der Waals surface area (Å²) in [6.45, 7) is 9.25. The average Bonchev–Trinajstić information content (AvgIpc) is 2.88. The van der Waals surface area contributed by atoms with Crippen molar-refractivity contribution in [1.82, 2.24) is 15.2 Å². The number of nitrogens with one attached hydrogen (secondary N) is 1. The topological polar surface area (TPSA) is 54.5 Å². The number of aryl methyl sites for hydroxylation is 1. The minimum Gasteiger partial charge on any atom is -0.488 e. The van der Waals surface area contributed by atoms with E-state index in [9.17, 15) is 4.79 Å². The largest absolute Gasteiger partial charge is 0.488 e. The summed E-state index contributed by atoms with van der Waals surface area (Å²) >= 11 is 0. The molecule has 1 N–H and O–H groups in total. The zero-order valence-electron chi connectivity index (χ0n) is 22.9. The maximum absolute atomic E-state index is 13.2. The molecule has 1 saturated heterocycles. The summed E-state index contributed by atoms with van der Waals surface area (Å²) in [7, 11) is 0. The van der Waals surface area contributed by atoms with E-state index in [-0.39, 0.29) is 23.5 Å². The van der Waals surface area contributed by atoms with Gasteiger partial charge in [0.1, 0.15) is 17.4 Å². The number of carbonyl (C=O) groups excluding carboxylic acids is 1. The molecule has 1 aliphatic carbocycles. The number of ether oxygens (including phenoxy) is 1. The molecule has 2 heterocycles. The molecule has 0 spiro atoms. The van der Waals surface area contributed by atoms with Gasteiger partial charge in [-0.2, -0.15) is 0 Å². The van der Waals surface area contributed by atoms with E-state index >= 15 is 0 Å². The Bertz CT molecular complexity index is 975. The smallest absolute Gasteiger partial charge is 0.227 e. The highest BCUT2D eigenvalue weighted by atomic mass is 16.5. The second-order valence-electron chi connectivity index (χ2n) is 11.5. The first-order chi connectivity index (χ1) is 17.5. The number of unbranched alkanes of at least 4 members (excludes halogenated alkanes) is 3. The molecule has 5 nitrogen and oxygen atoms in total. The maximum Gasteiger partial charge on any atom is 0.227 e. The zero-order chi connectivity index (χ0) is 25.4. The maximum atomic E-state index is 13.2. The summed E-state index contributed by atoms with van der Waals surface area (Å²) in [4.78, 5) is 20.4. The Labute approximate surface area is 218 Å². The fourth-order valence-corrected chi connectivity index (χ4v) is 6.10. The predicted molar refractivity (Wildman–Crippen MR) is 148 cm³/mol. The van der Waals surface area contributed by atoms with Gasteiger partial charge in [0.2, 0.25) is 5.91 Å². The Morgan fingerprint density at radius 1 is 1.14 bits per heavy atom. The molecule has 4 rings (SSSR count). The van der Waals surface area contributed by atoms with Gasteiger partial charge in [0.15, 0.2) is 0 Å². The van der Waals surface area contributed by atoms with Gasteiger partial charge in [-0.1, -0.05) is 51.5 Å². The van der Waals surface area contributed by atoms with Crippen molar-refractivity contribution in [3.63, 3.8) is 0 Å². The molecule has 0 radical (unpaired) electrons. The van der Waals surface area contributed by atoms with Crippen LogP contribution in [0, 0.1) is 5.41 Å². The van der Waals surface area contributed by atoms with E-state index < -0.39 is 0 Å². The lowest BCUT2D eigenvalue weighted by Crippen LogP contribution is -2.52. The molecular formula is C31H47N3O2. The van der Waals surface area contributed by atoms with Crippen molar-refractivity contribution in [2.75, 3.05) is 19.6 Å². The summed E-state index contributed by atoms with van der Waals surface area (Å²) in [6, 6.07) is 8.89. The molecule has 0 unspecified atom stereocenters. The van der Waals surface area contributed by atoms with Gasteiger partial charge >= 0.3 is 0 Å². The number of hydrogen-bond acceptors (Lipinski definition) is 4. The van der Waals surface area contributed by atoms with Crippen LogP contribution >= 0.6 is 0 Å². The number of piperidine rings is 1. The number of likely N-dealkylation sites (tertiary alicyclic amines) is 1. The molecule has 2 fully saturated rings. The van der Waals surface area contributed by atoms with Crippen molar-refractivity contribution < 1.29 is 9.53 Å². The molecule has 1 aromatic carbocycles. The van der Waals surface area contributed by atoms with E-state index in [0.717, 1.165) is 63.0 Å². The molecular weight excluding hydrogens is 446 g/mol. The summed E-state index contributed by atoms with van der Waals surface area (Å²) in [5, 5.41) is 4.41. The van der Waals surface area contributed by atoms with Crippen molar-refractivity contribution in [2.24, 2.45) is 5.41 Å². The number of pyridine rings is 1. The number of rotatable bonds is 11. The first kappa shape index (κ1) is 26.9. The third kappa shape index (κ3) is 7.00. The third-order valence-corrected chi connectivity index (χ3v) is 8.12. The number of benzene rings is 1. The Kier molecular flexibility index (Phi) is 9.64. The minimum atomic E-state index is -0.220. The molecule has 5 heteroatoms. The number of aromatic nitrogens is 1. The lowest BCUT2D eigenvalue weighted by atomic mass is 9.72.